The molecule has 8 heavy (non-hydrogen) atoms. The van der Waals surface area contributed by atoms with Crippen molar-refractivity contribution in [3.05, 3.63) is 4.91 Å². The van der Waals surface area contributed by atoms with E-state index in [0.29, 0.717) is 12.8 Å². The van der Waals surface area contributed by atoms with Crippen molar-refractivity contribution < 1.29 is 4.79 Å². The first-order valence-corrected chi connectivity index (χ1v) is 2.57. The fourth-order valence-corrected chi connectivity index (χ4v) is 0.626. The molecule has 1 aliphatic carbocycles. The van der Waals surface area contributed by atoms with Crippen LogP contribution < -0.4 is 0 Å². The first kappa shape index (κ1) is 5.41. The van der Waals surface area contributed by atoms with Crippen molar-refractivity contribution in [3.8, 4) is 0 Å². The zero-order valence-electron chi connectivity index (χ0n) is 4.68. The van der Waals surface area contributed by atoms with Gasteiger partial charge in [-0.05, 0) is 19.8 Å². The van der Waals surface area contributed by atoms with Gasteiger partial charge in [0.25, 0.3) is 0 Å². The van der Waals surface area contributed by atoms with Gasteiger partial charge in [-0.3, -0.25) is 4.79 Å². The largest absolute Gasteiger partial charge is 0.297 e. The molecule has 0 aromatic rings. The molecule has 0 atom stereocenters. The molecule has 1 aliphatic rings. The molecule has 0 unspecified atom stereocenters. The number of rotatable bonds is 2. The highest BCUT2D eigenvalue weighted by Gasteiger charge is 2.49. The number of carbonyl (C=O) groups is 1. The topological polar surface area (TPSA) is 46.5 Å². The maximum atomic E-state index is 10.5. The van der Waals surface area contributed by atoms with Crippen LogP contribution in [-0.4, -0.2) is 11.3 Å². The van der Waals surface area contributed by atoms with Crippen molar-refractivity contribution in [1.29, 1.82) is 0 Å². The summed E-state index contributed by atoms with van der Waals surface area (Å²) < 4.78 is 0. The average molecular weight is 113 g/mol. The molecule has 0 aliphatic heterocycles. The van der Waals surface area contributed by atoms with E-state index in [4.69, 9.17) is 0 Å². The van der Waals surface area contributed by atoms with E-state index in [2.05, 4.69) is 5.18 Å². The monoisotopic (exact) mass is 113 g/mol. The summed E-state index contributed by atoms with van der Waals surface area (Å²) in [7, 11) is 0. The molecule has 0 heterocycles. The minimum Gasteiger partial charge on any atom is -0.297 e. The second-order valence-electron chi connectivity index (χ2n) is 2.18. The third-order valence-corrected chi connectivity index (χ3v) is 1.55. The number of nitroso groups, excluding NO2 is 1. The van der Waals surface area contributed by atoms with Crippen molar-refractivity contribution in [3.63, 3.8) is 0 Å². The van der Waals surface area contributed by atoms with E-state index < -0.39 is 5.54 Å². The van der Waals surface area contributed by atoms with Gasteiger partial charge in [0.15, 0.2) is 11.3 Å². The van der Waals surface area contributed by atoms with Gasteiger partial charge in [-0.15, -0.1) is 4.91 Å². The van der Waals surface area contributed by atoms with Crippen molar-refractivity contribution >= 4 is 5.78 Å². The van der Waals surface area contributed by atoms with Crippen LogP contribution in [-0.2, 0) is 4.79 Å². The lowest BCUT2D eigenvalue weighted by Crippen LogP contribution is -2.14. The van der Waals surface area contributed by atoms with Gasteiger partial charge < -0.3 is 0 Å². The molecule has 3 nitrogen and oxygen atoms in total. The Morgan fingerprint density at radius 1 is 1.62 bits per heavy atom. The maximum Gasteiger partial charge on any atom is 0.160 e. The minimum atomic E-state index is -0.778. The molecule has 0 aromatic heterocycles. The van der Waals surface area contributed by atoms with Gasteiger partial charge in [-0.25, -0.2) is 0 Å². The molecule has 3 heteroatoms. The third-order valence-electron chi connectivity index (χ3n) is 1.55. The molecule has 0 saturated heterocycles. The predicted octanol–water partition coefficient (Wildman–Crippen LogP) is 0.874. The molecular weight excluding hydrogens is 106 g/mol. The molecule has 44 valence electrons. The highest BCUT2D eigenvalue weighted by molar-refractivity contribution is 5.89. The molecule has 0 bridgehead atoms. The van der Waals surface area contributed by atoms with Gasteiger partial charge in [0.05, 0.1) is 0 Å². The van der Waals surface area contributed by atoms with Crippen molar-refractivity contribution in [1.82, 2.24) is 0 Å². The second-order valence-corrected chi connectivity index (χ2v) is 2.18. The fourth-order valence-electron chi connectivity index (χ4n) is 0.626. The normalized spacial score (nSPS) is 22.1. The predicted molar refractivity (Wildman–Crippen MR) is 28.4 cm³/mol. The van der Waals surface area contributed by atoms with Gasteiger partial charge >= 0.3 is 0 Å². The highest BCUT2D eigenvalue weighted by Crippen LogP contribution is 2.39. The van der Waals surface area contributed by atoms with Crippen LogP contribution in [0.4, 0.5) is 0 Å². The SMILES string of the molecule is CC(=O)C1(N=O)CC1. The Balaban J connectivity index is 2.66. The van der Waals surface area contributed by atoms with Gasteiger partial charge in [-0.1, -0.05) is 5.18 Å². The lowest BCUT2D eigenvalue weighted by atomic mass is 10.2. The van der Waals surface area contributed by atoms with Crippen LogP contribution in [0.25, 0.3) is 0 Å². The zero-order valence-corrected chi connectivity index (χ0v) is 4.68. The van der Waals surface area contributed by atoms with Crippen LogP contribution in [0, 0.1) is 4.91 Å². The Morgan fingerprint density at radius 2 is 2.12 bits per heavy atom. The first-order chi connectivity index (χ1) is 3.71. The minimum absolute atomic E-state index is 0.0903. The van der Waals surface area contributed by atoms with E-state index >= 15 is 0 Å². The van der Waals surface area contributed by atoms with Gasteiger partial charge in [0, 0.05) is 0 Å². The fraction of sp³-hybridized carbons (Fsp3) is 0.800. The van der Waals surface area contributed by atoms with E-state index in [1.807, 2.05) is 0 Å². The number of nitrogens with zero attached hydrogens (tertiary/aromatic N) is 1. The zero-order chi connectivity index (χ0) is 6.20. The second kappa shape index (κ2) is 1.37. The van der Waals surface area contributed by atoms with E-state index in [1.165, 1.54) is 6.92 Å². The van der Waals surface area contributed by atoms with Gasteiger partial charge in [0.2, 0.25) is 0 Å². The first-order valence-electron chi connectivity index (χ1n) is 2.57. The molecule has 0 aromatic carbocycles. The van der Waals surface area contributed by atoms with E-state index in [9.17, 15) is 9.70 Å². The Morgan fingerprint density at radius 3 is 2.12 bits per heavy atom. The number of carbonyl (C=O) groups excluding carboxylic acids is 1. The van der Waals surface area contributed by atoms with Crippen LogP contribution in [0.1, 0.15) is 19.8 Å². The maximum absolute atomic E-state index is 10.5. The van der Waals surface area contributed by atoms with Gasteiger partial charge in [-0.2, -0.15) is 0 Å². The molecule has 0 amide bonds. The summed E-state index contributed by atoms with van der Waals surface area (Å²) in [6.07, 6.45) is 1.32. The molecule has 1 fully saturated rings. The summed E-state index contributed by atoms with van der Waals surface area (Å²) in [4.78, 5) is 20.3. The van der Waals surface area contributed by atoms with Crippen LogP contribution in [0.5, 0.6) is 0 Å². The van der Waals surface area contributed by atoms with E-state index in [0.717, 1.165) is 0 Å². The van der Waals surface area contributed by atoms with Crippen LogP contribution in [0.2, 0.25) is 0 Å². The molecule has 0 radical (unpaired) electrons. The number of hydrogen-bond donors (Lipinski definition) is 0. The number of Topliss-reactive ketones (excluding diaryl/α,β-unsaturated/α-hetero) is 1. The molecule has 0 N–H and O–H groups in total. The summed E-state index contributed by atoms with van der Waals surface area (Å²) in [6.45, 7) is 1.41. The summed E-state index contributed by atoms with van der Waals surface area (Å²) in [5.41, 5.74) is -0.778. The molecule has 0 spiro atoms. The third kappa shape index (κ3) is 0.546. The number of ketones is 1. The lowest BCUT2D eigenvalue weighted by Gasteiger charge is -1.93. The molecular formula is C5H7NO2. The standard InChI is InChI=1S/C5H7NO2/c1-4(7)5(6-8)2-3-5/h2-3H2,1H3. The number of hydrogen-bond acceptors (Lipinski definition) is 3. The van der Waals surface area contributed by atoms with E-state index in [-0.39, 0.29) is 5.78 Å². The van der Waals surface area contributed by atoms with Crippen LogP contribution in [0.15, 0.2) is 5.18 Å². The Hall–Kier alpha value is -0.730. The Kier molecular flexibility index (Phi) is 0.927. The summed E-state index contributed by atoms with van der Waals surface area (Å²) in [6, 6.07) is 0. The van der Waals surface area contributed by atoms with E-state index in [1.54, 1.807) is 0 Å². The van der Waals surface area contributed by atoms with Crippen LogP contribution >= 0.6 is 0 Å². The summed E-state index contributed by atoms with van der Waals surface area (Å²) >= 11 is 0. The smallest absolute Gasteiger partial charge is 0.160 e. The Labute approximate surface area is 47.0 Å². The summed E-state index contributed by atoms with van der Waals surface area (Å²) in [5, 5.41) is 2.73. The lowest BCUT2D eigenvalue weighted by molar-refractivity contribution is -0.119. The molecule has 1 saturated carbocycles. The average Bonchev–Trinajstić information content (AvgIpc) is 2.44. The van der Waals surface area contributed by atoms with Gasteiger partial charge in [0.1, 0.15) is 0 Å². The van der Waals surface area contributed by atoms with Crippen molar-refractivity contribution in [2.24, 2.45) is 5.18 Å². The quantitative estimate of drug-likeness (QED) is 0.499. The summed E-state index contributed by atoms with van der Waals surface area (Å²) in [5.74, 6) is -0.0903. The van der Waals surface area contributed by atoms with Crippen LogP contribution in [0.3, 0.4) is 0 Å². The Bertz CT molecular complexity index is 137. The molecule has 1 rings (SSSR count). The van der Waals surface area contributed by atoms with Crippen molar-refractivity contribution in [2.45, 2.75) is 25.3 Å². The highest BCUT2D eigenvalue weighted by atomic mass is 16.3. The van der Waals surface area contributed by atoms with Crippen molar-refractivity contribution in [2.75, 3.05) is 0 Å².